The minimum Gasteiger partial charge on any atom is -0.505 e. The summed E-state index contributed by atoms with van der Waals surface area (Å²) in [6, 6.07) is 26.7. The van der Waals surface area contributed by atoms with E-state index in [1.807, 2.05) is 12.1 Å². The Balaban J connectivity index is 0.678. The number of rotatable bonds is 9. The molecule has 0 saturated heterocycles. The number of ether oxygens (including phenoxy) is 2. The molecule has 4 aromatic rings. The highest BCUT2D eigenvalue weighted by Crippen LogP contribution is 2.80. The number of anilines is 2. The smallest absolute Gasteiger partial charge is 0.145 e. The van der Waals surface area contributed by atoms with Crippen molar-refractivity contribution >= 4 is 11.4 Å². The molecule has 0 spiro atoms. The first-order valence-corrected chi connectivity index (χ1v) is 30.0. The molecule has 6 N–H and O–H groups in total. The highest BCUT2D eigenvalue weighted by Gasteiger charge is 2.71. The average molecular weight is 993 g/mol. The van der Waals surface area contributed by atoms with Crippen LogP contribution in [0.5, 0.6) is 34.5 Å². The Kier molecular flexibility index (Phi) is 8.93. The van der Waals surface area contributed by atoms with E-state index >= 15 is 0 Å². The first-order valence-electron chi connectivity index (χ1n) is 30.0. The molecule has 16 aliphatic rings. The van der Waals surface area contributed by atoms with Crippen molar-refractivity contribution in [2.75, 3.05) is 11.5 Å². The van der Waals surface area contributed by atoms with Gasteiger partial charge in [-0.25, -0.2) is 0 Å². The van der Waals surface area contributed by atoms with E-state index in [0.717, 1.165) is 96.3 Å². The summed E-state index contributed by atoms with van der Waals surface area (Å²) in [6.45, 7) is 10.0. The Morgan fingerprint density at radius 2 is 0.689 bits per heavy atom. The first kappa shape index (κ1) is 45.8. The number of hydrogen-bond acceptors (Lipinski definition) is 6. The second kappa shape index (κ2) is 14.4. The molecule has 16 aliphatic carbocycles. The van der Waals surface area contributed by atoms with E-state index in [2.05, 4.69) is 88.4 Å². The molecule has 0 radical (unpaired) electrons. The molecule has 8 atom stereocenters. The minimum atomic E-state index is -0.0989. The van der Waals surface area contributed by atoms with Gasteiger partial charge in [-0.15, -0.1) is 0 Å². The Labute approximate surface area is 441 Å². The van der Waals surface area contributed by atoms with Crippen molar-refractivity contribution in [2.24, 2.45) is 68.0 Å². The molecule has 0 amide bonds. The summed E-state index contributed by atoms with van der Waals surface area (Å²) >= 11 is 0. The van der Waals surface area contributed by atoms with E-state index in [0.29, 0.717) is 55.7 Å². The van der Waals surface area contributed by atoms with Crippen molar-refractivity contribution in [3.63, 3.8) is 0 Å². The molecule has 16 bridgehead atoms. The second-order valence-corrected chi connectivity index (χ2v) is 31.9. The molecule has 0 aliphatic heterocycles. The predicted molar refractivity (Wildman–Crippen MR) is 294 cm³/mol. The van der Waals surface area contributed by atoms with Gasteiger partial charge >= 0.3 is 0 Å². The third-order valence-electron chi connectivity index (χ3n) is 25.3. The van der Waals surface area contributed by atoms with Gasteiger partial charge in [-0.1, -0.05) is 52.0 Å². The van der Waals surface area contributed by atoms with E-state index < -0.39 is 0 Å². The molecule has 0 aromatic heterocycles. The fourth-order valence-corrected chi connectivity index (χ4v) is 26.3. The van der Waals surface area contributed by atoms with Gasteiger partial charge in [0.05, 0.1) is 11.4 Å². The third kappa shape index (κ3) is 6.41. The van der Waals surface area contributed by atoms with Gasteiger partial charge in [0.25, 0.3) is 0 Å². The van der Waals surface area contributed by atoms with Crippen LogP contribution >= 0.6 is 0 Å². The van der Waals surface area contributed by atoms with Gasteiger partial charge < -0.3 is 31.2 Å². The van der Waals surface area contributed by atoms with Crippen LogP contribution in [-0.2, 0) is 21.7 Å². The lowest BCUT2D eigenvalue weighted by molar-refractivity contribution is -0.212. The van der Waals surface area contributed by atoms with Crippen molar-refractivity contribution in [3.05, 3.63) is 95.1 Å². The molecule has 6 nitrogen and oxygen atoms in total. The van der Waals surface area contributed by atoms with Crippen LogP contribution in [0.25, 0.3) is 0 Å². The lowest BCUT2D eigenvalue weighted by Gasteiger charge is -2.74. The van der Waals surface area contributed by atoms with Crippen molar-refractivity contribution < 1.29 is 19.7 Å². The van der Waals surface area contributed by atoms with Crippen LogP contribution in [0.15, 0.2) is 72.8 Å². The number of nitrogens with two attached hydrogens (primary N) is 2. The van der Waals surface area contributed by atoms with E-state index in [1.54, 1.807) is 11.1 Å². The lowest BCUT2D eigenvalue weighted by atomic mass is 9.30. The minimum absolute atomic E-state index is 0.0989. The fourth-order valence-electron chi connectivity index (χ4n) is 26.3. The molecule has 390 valence electrons. The normalized spacial score (nSPS) is 47.2. The van der Waals surface area contributed by atoms with E-state index in [1.165, 1.54) is 116 Å². The number of hydrogen-bond donors (Lipinski definition) is 4. The Hall–Kier alpha value is -4.32. The number of phenolic OH excluding ortho intramolecular Hbond substituents is 2. The number of aromatic hydroxyl groups is 2. The van der Waals surface area contributed by atoms with Crippen LogP contribution in [-0.4, -0.2) is 10.2 Å². The number of benzene rings is 4. The predicted octanol–water partition coefficient (Wildman–Crippen LogP) is 16.7. The van der Waals surface area contributed by atoms with Crippen LogP contribution in [0.4, 0.5) is 11.4 Å². The molecule has 0 heterocycles. The topological polar surface area (TPSA) is 111 Å². The standard InChI is InChI=1S/C68H84N2O4/c1-59-19-45-20-60(2,33-59)36-65(27-45,35-59)55-53(15-13-51(69)57(55)71)73-49-9-5-47(6-10-49)63-23-41-17-42(24-63)30-67(29-41,39-63)68-31-43-18-44(32-68)26-64(25-43,40-68)48-7-11-50(12-8-48)74-54-16-14-52(70)58(72)56(54)66-28-46-21-61(3,37-66)34-62(4,22-46)38-66/h5-16,41-46,71-72H,17-40,69-70H2,1-4H3. The maximum absolute atomic E-state index is 11.9. The molecule has 16 fully saturated rings. The zero-order chi connectivity index (χ0) is 50.3. The fraction of sp³-hybridized carbons (Fsp3) is 0.647. The highest BCUT2D eigenvalue weighted by molar-refractivity contribution is 5.66. The van der Waals surface area contributed by atoms with Crippen molar-refractivity contribution in [1.29, 1.82) is 0 Å². The van der Waals surface area contributed by atoms with E-state index in [4.69, 9.17) is 20.9 Å². The summed E-state index contributed by atoms with van der Waals surface area (Å²) in [6.07, 6.45) is 31.2. The van der Waals surface area contributed by atoms with Gasteiger partial charge in [-0.2, -0.15) is 0 Å². The SMILES string of the molecule is CC12CC3CC(C)(C1)CC(c1c(Oc4ccc(C56CC7CC(C5)CC(C58CC9CC(CC(c%10ccc(Oc%11ccc(N)c(O)c%11C%11%12CC%13CC(C)(CC(C)(C%13)C%11)C%12)cc%10)(C9)C5)C8)(C7)C6)cc4)ccc(N)c1O)(C3)C2. The number of phenols is 2. The molecule has 4 aromatic carbocycles. The van der Waals surface area contributed by atoms with Crippen LogP contribution < -0.4 is 20.9 Å². The van der Waals surface area contributed by atoms with Gasteiger partial charge in [0.15, 0.2) is 0 Å². The number of nitrogen functional groups attached to an aromatic ring is 2. The van der Waals surface area contributed by atoms with Crippen LogP contribution in [0.1, 0.15) is 204 Å². The monoisotopic (exact) mass is 993 g/mol. The maximum atomic E-state index is 11.9. The summed E-state index contributed by atoms with van der Waals surface area (Å²) in [5.41, 5.74) is 21.4. The molecule has 8 unspecified atom stereocenters. The van der Waals surface area contributed by atoms with E-state index in [9.17, 15) is 10.2 Å². The Bertz CT molecular complexity index is 2760. The maximum Gasteiger partial charge on any atom is 0.145 e. The van der Waals surface area contributed by atoms with Gasteiger partial charge in [-0.05, 0) is 293 Å². The van der Waals surface area contributed by atoms with Gasteiger partial charge in [0.2, 0.25) is 0 Å². The van der Waals surface area contributed by atoms with Crippen LogP contribution in [0.3, 0.4) is 0 Å². The molecule has 20 rings (SSSR count). The summed E-state index contributed by atoms with van der Waals surface area (Å²) < 4.78 is 14.0. The Morgan fingerprint density at radius 3 is 1.01 bits per heavy atom. The molecular weight excluding hydrogens is 909 g/mol. The van der Waals surface area contributed by atoms with Crippen LogP contribution in [0, 0.1) is 68.0 Å². The van der Waals surface area contributed by atoms with Gasteiger partial charge in [-0.3, -0.25) is 0 Å². The summed E-state index contributed by atoms with van der Waals surface area (Å²) in [7, 11) is 0. The summed E-state index contributed by atoms with van der Waals surface area (Å²) in [4.78, 5) is 0. The zero-order valence-corrected chi connectivity index (χ0v) is 45.2. The first-order chi connectivity index (χ1) is 35.2. The Morgan fingerprint density at radius 1 is 0.365 bits per heavy atom. The van der Waals surface area contributed by atoms with E-state index in [-0.39, 0.29) is 33.2 Å². The van der Waals surface area contributed by atoms with Gasteiger partial charge in [0, 0.05) is 22.0 Å². The molecule has 74 heavy (non-hydrogen) atoms. The highest BCUT2D eigenvalue weighted by atomic mass is 16.5. The summed E-state index contributed by atoms with van der Waals surface area (Å²) in [5, 5.41) is 23.7. The molecule has 6 heteroatoms. The quantitative estimate of drug-likeness (QED) is 0.0982. The zero-order valence-electron chi connectivity index (χ0n) is 45.2. The lowest BCUT2D eigenvalue weighted by Crippen LogP contribution is -2.66. The van der Waals surface area contributed by atoms with Gasteiger partial charge in [0.1, 0.15) is 34.5 Å². The van der Waals surface area contributed by atoms with Crippen molar-refractivity contribution in [1.82, 2.24) is 0 Å². The molecule has 16 saturated carbocycles. The average Bonchev–Trinajstić information content (AvgIpc) is 3.31. The van der Waals surface area contributed by atoms with Crippen molar-refractivity contribution in [2.45, 2.75) is 203 Å². The summed E-state index contributed by atoms with van der Waals surface area (Å²) in [5.74, 6) is 8.54. The van der Waals surface area contributed by atoms with Crippen molar-refractivity contribution in [3.8, 4) is 34.5 Å². The second-order valence-electron chi connectivity index (χ2n) is 31.9. The molecular formula is C68H84N2O4. The largest absolute Gasteiger partial charge is 0.505 e. The third-order valence-corrected chi connectivity index (χ3v) is 25.3. The van der Waals surface area contributed by atoms with Crippen LogP contribution in [0.2, 0.25) is 0 Å².